The molecule has 0 heterocycles. The highest BCUT2D eigenvalue weighted by atomic mass is 31.2. The summed E-state index contributed by atoms with van der Waals surface area (Å²) in [5.74, 6) is -0.832. The van der Waals surface area contributed by atoms with E-state index in [9.17, 15) is 19.0 Å². The molecule has 0 aliphatic carbocycles. The van der Waals surface area contributed by atoms with Gasteiger partial charge in [-0.15, -0.1) is 0 Å². The monoisotopic (exact) mass is 1020 g/mol. The van der Waals surface area contributed by atoms with Gasteiger partial charge in [-0.3, -0.25) is 18.6 Å². The van der Waals surface area contributed by atoms with Crippen molar-refractivity contribution in [1.82, 2.24) is 0 Å². The molecule has 0 bridgehead atoms. The maximum absolute atomic E-state index is 12.7. The molecular formula is C61H110NO8P. The molecule has 0 amide bonds. The fraction of sp³-hybridized carbons (Fsp3) is 0.770. The zero-order valence-electron chi connectivity index (χ0n) is 45.9. The predicted octanol–water partition coefficient (Wildman–Crippen LogP) is 18.5. The summed E-state index contributed by atoms with van der Waals surface area (Å²) in [6, 6.07) is 0. The number of phosphoric ester groups is 1. The second kappa shape index (κ2) is 56.7. The van der Waals surface area contributed by atoms with Crippen molar-refractivity contribution in [3.05, 3.63) is 72.9 Å². The summed E-state index contributed by atoms with van der Waals surface area (Å²) in [6.45, 7) is 3.59. The average molecular weight is 1020 g/mol. The van der Waals surface area contributed by atoms with E-state index >= 15 is 0 Å². The van der Waals surface area contributed by atoms with Gasteiger partial charge in [-0.25, -0.2) is 4.57 Å². The molecule has 0 aromatic heterocycles. The maximum atomic E-state index is 12.7. The van der Waals surface area contributed by atoms with Gasteiger partial charge in [0, 0.05) is 19.4 Å². The van der Waals surface area contributed by atoms with Gasteiger partial charge in [-0.2, -0.15) is 0 Å². The van der Waals surface area contributed by atoms with Crippen LogP contribution in [0.5, 0.6) is 0 Å². The van der Waals surface area contributed by atoms with E-state index in [1.165, 1.54) is 148 Å². The van der Waals surface area contributed by atoms with E-state index in [2.05, 4.69) is 86.8 Å². The van der Waals surface area contributed by atoms with Crippen molar-refractivity contribution in [3.8, 4) is 0 Å². The first kappa shape index (κ1) is 68.5. The van der Waals surface area contributed by atoms with E-state index in [0.29, 0.717) is 6.42 Å². The standard InChI is InChI=1S/C61H110NO8P/c1-3-5-7-9-11-13-15-16-17-18-19-20-21-22-23-24-25-26-27-28-29-30-31-32-33-34-35-36-37-38-39-40-41-42-44-46-48-50-52-54-61(64)70-59(58-69-71(65,66)68-56-55-62)57-67-60(63)53-51-49-47-45-43-14-12-10-8-6-4-2/h5,7,10-13,16-17,19-20,22-23,59H,3-4,6,8-9,14-15,18,21,24-58,62H2,1-2H3,(H,65,66)/b7-5-,12-10-,13-11-,17-16-,20-19-,23-22-. The Balaban J connectivity index is 3.75. The summed E-state index contributed by atoms with van der Waals surface area (Å²) < 4.78 is 32.9. The number of esters is 2. The molecule has 0 aromatic rings. The van der Waals surface area contributed by atoms with Crippen molar-refractivity contribution in [2.75, 3.05) is 26.4 Å². The van der Waals surface area contributed by atoms with Crippen LogP contribution < -0.4 is 5.73 Å². The van der Waals surface area contributed by atoms with E-state index in [1.54, 1.807) is 0 Å². The summed E-state index contributed by atoms with van der Waals surface area (Å²) in [5.41, 5.74) is 5.37. The van der Waals surface area contributed by atoms with Gasteiger partial charge in [0.25, 0.3) is 0 Å². The third-order valence-electron chi connectivity index (χ3n) is 12.6. The zero-order chi connectivity index (χ0) is 51.7. The van der Waals surface area contributed by atoms with Crippen molar-refractivity contribution < 1.29 is 37.6 Å². The molecule has 0 saturated heterocycles. The summed E-state index contributed by atoms with van der Waals surface area (Å²) >= 11 is 0. The smallest absolute Gasteiger partial charge is 0.462 e. The number of carbonyl (C=O) groups is 2. The molecule has 2 atom stereocenters. The van der Waals surface area contributed by atoms with Crippen LogP contribution in [0, 0.1) is 0 Å². The van der Waals surface area contributed by atoms with Gasteiger partial charge >= 0.3 is 19.8 Å². The van der Waals surface area contributed by atoms with Crippen LogP contribution in [0.4, 0.5) is 0 Å². The highest BCUT2D eigenvalue weighted by molar-refractivity contribution is 7.47. The number of carbonyl (C=O) groups excluding carboxylic acids is 2. The minimum Gasteiger partial charge on any atom is -0.462 e. The lowest BCUT2D eigenvalue weighted by atomic mass is 10.0. The lowest BCUT2D eigenvalue weighted by Crippen LogP contribution is -2.29. The molecule has 3 N–H and O–H groups in total. The predicted molar refractivity (Wildman–Crippen MR) is 302 cm³/mol. The number of allylic oxidation sites excluding steroid dienone is 12. The van der Waals surface area contributed by atoms with E-state index in [4.69, 9.17) is 24.3 Å². The van der Waals surface area contributed by atoms with Gasteiger partial charge in [-0.1, -0.05) is 254 Å². The van der Waals surface area contributed by atoms with Gasteiger partial charge in [0.1, 0.15) is 6.61 Å². The van der Waals surface area contributed by atoms with Crippen molar-refractivity contribution in [3.63, 3.8) is 0 Å². The van der Waals surface area contributed by atoms with Crippen LogP contribution in [-0.2, 0) is 32.7 Å². The van der Waals surface area contributed by atoms with Crippen LogP contribution >= 0.6 is 7.82 Å². The first-order valence-electron chi connectivity index (χ1n) is 29.4. The Morgan fingerprint density at radius 1 is 0.437 bits per heavy atom. The van der Waals surface area contributed by atoms with Gasteiger partial charge < -0.3 is 20.1 Å². The van der Waals surface area contributed by atoms with Gasteiger partial charge in [0.15, 0.2) is 6.10 Å². The van der Waals surface area contributed by atoms with E-state index < -0.39 is 26.5 Å². The summed E-state index contributed by atoms with van der Waals surface area (Å²) in [6.07, 6.45) is 72.8. The van der Waals surface area contributed by atoms with Gasteiger partial charge in [-0.05, 0) is 77.0 Å². The lowest BCUT2D eigenvalue weighted by Gasteiger charge is -2.19. The Hall–Kier alpha value is -2.55. The van der Waals surface area contributed by atoms with E-state index in [0.717, 1.165) is 89.9 Å². The van der Waals surface area contributed by atoms with E-state index in [1.807, 2.05) is 0 Å². The van der Waals surface area contributed by atoms with Crippen molar-refractivity contribution in [2.45, 2.75) is 277 Å². The lowest BCUT2D eigenvalue weighted by molar-refractivity contribution is -0.161. The summed E-state index contributed by atoms with van der Waals surface area (Å²) in [4.78, 5) is 35.0. The highest BCUT2D eigenvalue weighted by Gasteiger charge is 2.26. The maximum Gasteiger partial charge on any atom is 0.472 e. The number of phosphoric acid groups is 1. The quantitative estimate of drug-likeness (QED) is 0.0264. The van der Waals surface area contributed by atoms with Crippen LogP contribution in [0.3, 0.4) is 0 Å². The third kappa shape index (κ3) is 56.6. The number of hydrogen-bond acceptors (Lipinski definition) is 8. The molecule has 0 saturated carbocycles. The van der Waals surface area contributed by atoms with Gasteiger partial charge in [0.2, 0.25) is 0 Å². The van der Waals surface area contributed by atoms with Crippen LogP contribution in [-0.4, -0.2) is 49.3 Å². The molecule has 0 aromatic carbocycles. The highest BCUT2D eigenvalue weighted by Crippen LogP contribution is 2.43. The Bertz CT molecular complexity index is 1390. The molecule has 71 heavy (non-hydrogen) atoms. The van der Waals surface area contributed by atoms with Gasteiger partial charge in [0.05, 0.1) is 13.2 Å². The molecule has 0 aliphatic heterocycles. The second-order valence-electron chi connectivity index (χ2n) is 19.5. The average Bonchev–Trinajstić information content (AvgIpc) is 3.36. The molecule has 0 aliphatic rings. The molecule has 412 valence electrons. The van der Waals surface area contributed by atoms with Crippen LogP contribution in [0.1, 0.15) is 271 Å². The SMILES string of the molecule is CC/C=C\C/C=C\C/C=C\C/C=C\C/C=C\CCCCCCCCCCCCCCCCCCCCCCCCCC(=O)OC(COC(=O)CCCCCCC/C=C\CCCC)COP(=O)(O)OCCN. The molecule has 0 spiro atoms. The summed E-state index contributed by atoms with van der Waals surface area (Å²) in [5, 5.41) is 0. The zero-order valence-corrected chi connectivity index (χ0v) is 46.8. The number of unbranched alkanes of at least 4 members (excludes halogenated alkanes) is 30. The number of ether oxygens (including phenoxy) is 2. The Morgan fingerprint density at radius 3 is 1.17 bits per heavy atom. The second-order valence-corrected chi connectivity index (χ2v) is 20.9. The van der Waals surface area contributed by atoms with E-state index in [-0.39, 0.29) is 38.6 Å². The summed E-state index contributed by atoms with van der Waals surface area (Å²) in [7, 11) is -4.38. The third-order valence-corrected chi connectivity index (χ3v) is 13.6. The first-order valence-corrected chi connectivity index (χ1v) is 30.9. The molecular weight excluding hydrogens is 906 g/mol. The fourth-order valence-corrected chi connectivity index (χ4v) is 9.00. The fourth-order valence-electron chi connectivity index (χ4n) is 8.23. The first-order chi connectivity index (χ1) is 34.8. The van der Waals surface area contributed by atoms with Crippen molar-refractivity contribution in [1.29, 1.82) is 0 Å². The van der Waals surface area contributed by atoms with Crippen LogP contribution in [0.15, 0.2) is 72.9 Å². The normalized spacial score (nSPS) is 13.6. The topological polar surface area (TPSA) is 134 Å². The Kier molecular flexibility index (Phi) is 54.7. The molecule has 0 fully saturated rings. The molecule has 2 unspecified atom stereocenters. The minimum absolute atomic E-state index is 0.0524. The van der Waals surface area contributed by atoms with Crippen molar-refractivity contribution >= 4 is 19.8 Å². The Labute approximate surface area is 437 Å². The minimum atomic E-state index is -4.38. The van der Waals surface area contributed by atoms with Crippen molar-refractivity contribution in [2.24, 2.45) is 5.73 Å². The Morgan fingerprint density at radius 2 is 0.775 bits per heavy atom. The largest absolute Gasteiger partial charge is 0.472 e. The van der Waals surface area contributed by atoms with Crippen LogP contribution in [0.2, 0.25) is 0 Å². The number of rotatable bonds is 55. The molecule has 0 radical (unpaired) electrons. The number of hydrogen-bond donors (Lipinski definition) is 2. The molecule has 10 heteroatoms. The number of nitrogens with two attached hydrogens (primary N) is 1. The van der Waals surface area contributed by atoms with Crippen LogP contribution in [0.25, 0.3) is 0 Å². The molecule has 0 rings (SSSR count). The molecule has 9 nitrogen and oxygen atoms in total.